The van der Waals surface area contributed by atoms with Gasteiger partial charge in [-0.2, -0.15) is 4.98 Å². The third kappa shape index (κ3) is 2.86. The van der Waals surface area contributed by atoms with Crippen molar-refractivity contribution in [1.82, 2.24) is 14.6 Å². The molecule has 0 radical (unpaired) electrons. The van der Waals surface area contributed by atoms with E-state index in [1.165, 1.54) is 7.11 Å². The smallest absolute Gasteiger partial charge is 0.328 e. The van der Waals surface area contributed by atoms with E-state index in [1.807, 2.05) is 26.0 Å². The highest BCUT2D eigenvalue weighted by Crippen LogP contribution is 2.18. The van der Waals surface area contributed by atoms with E-state index in [-0.39, 0.29) is 11.9 Å². The Morgan fingerprint density at radius 1 is 1.53 bits per heavy atom. The first-order valence-electron chi connectivity index (χ1n) is 5.88. The van der Waals surface area contributed by atoms with Crippen LogP contribution in [0.4, 0.5) is 5.95 Å². The van der Waals surface area contributed by atoms with Gasteiger partial charge in [0.15, 0.2) is 5.65 Å². The van der Waals surface area contributed by atoms with Gasteiger partial charge in [0.2, 0.25) is 5.95 Å². The number of carbonyl (C=O) groups excluding carboxylic acids is 1. The maximum atomic E-state index is 11.7. The van der Waals surface area contributed by atoms with Gasteiger partial charge >= 0.3 is 5.97 Å². The molecule has 19 heavy (non-hydrogen) atoms. The highest BCUT2D eigenvalue weighted by atomic mass is 79.9. The molecule has 2 aromatic heterocycles. The van der Waals surface area contributed by atoms with Crippen LogP contribution in [0.3, 0.4) is 0 Å². The van der Waals surface area contributed by atoms with Crippen molar-refractivity contribution in [2.45, 2.75) is 19.9 Å². The van der Waals surface area contributed by atoms with Crippen molar-refractivity contribution < 1.29 is 9.53 Å². The minimum atomic E-state index is -0.471. The van der Waals surface area contributed by atoms with Gasteiger partial charge in [0.1, 0.15) is 6.04 Å². The highest BCUT2D eigenvalue weighted by molar-refractivity contribution is 9.10. The zero-order valence-electron chi connectivity index (χ0n) is 10.9. The molecule has 0 aliphatic carbocycles. The second-order valence-electron chi connectivity index (χ2n) is 4.45. The lowest BCUT2D eigenvalue weighted by Crippen LogP contribution is -2.35. The van der Waals surface area contributed by atoms with Crippen molar-refractivity contribution in [2.24, 2.45) is 5.92 Å². The van der Waals surface area contributed by atoms with Crippen LogP contribution in [0.5, 0.6) is 0 Å². The lowest BCUT2D eigenvalue weighted by Gasteiger charge is -2.18. The molecule has 0 aliphatic rings. The standard InChI is InChI=1S/C12H15BrN4O2/c1-7(2)9(11(18)19-3)14-12-15-10-8(13)5-4-6-17(10)16-12/h4-7,9H,1-3H3,(H,14,16). The molecule has 6 nitrogen and oxygen atoms in total. The molecule has 2 aromatic rings. The number of esters is 1. The molecule has 2 rings (SSSR count). The maximum absolute atomic E-state index is 11.7. The highest BCUT2D eigenvalue weighted by Gasteiger charge is 2.24. The molecule has 0 spiro atoms. The van der Waals surface area contributed by atoms with Gasteiger partial charge in [-0.15, -0.1) is 5.10 Å². The summed E-state index contributed by atoms with van der Waals surface area (Å²) >= 11 is 3.41. The molecule has 1 N–H and O–H groups in total. The number of pyridine rings is 1. The molecule has 7 heteroatoms. The number of carbonyl (C=O) groups is 1. The number of hydrogen-bond acceptors (Lipinski definition) is 5. The molecule has 0 saturated heterocycles. The van der Waals surface area contributed by atoms with Crippen LogP contribution in [0.2, 0.25) is 0 Å². The van der Waals surface area contributed by atoms with Gasteiger partial charge in [0.25, 0.3) is 0 Å². The van der Waals surface area contributed by atoms with E-state index in [0.29, 0.717) is 11.6 Å². The molecule has 0 saturated carbocycles. The number of fused-ring (bicyclic) bond motifs is 1. The van der Waals surface area contributed by atoms with Crippen molar-refractivity contribution in [3.8, 4) is 0 Å². The Hall–Kier alpha value is -1.63. The quantitative estimate of drug-likeness (QED) is 0.871. The van der Waals surface area contributed by atoms with Crippen LogP contribution in [0.15, 0.2) is 22.8 Å². The average molecular weight is 327 g/mol. The summed E-state index contributed by atoms with van der Waals surface area (Å²) in [4.78, 5) is 16.0. The minimum absolute atomic E-state index is 0.0718. The summed E-state index contributed by atoms with van der Waals surface area (Å²) in [5.41, 5.74) is 0.692. The maximum Gasteiger partial charge on any atom is 0.328 e. The molecule has 102 valence electrons. The van der Waals surface area contributed by atoms with Crippen LogP contribution in [-0.2, 0) is 9.53 Å². The molecule has 0 aliphatic heterocycles. The van der Waals surface area contributed by atoms with Crippen LogP contribution in [0.25, 0.3) is 5.65 Å². The van der Waals surface area contributed by atoms with Crippen LogP contribution in [-0.4, -0.2) is 33.7 Å². The number of anilines is 1. The Balaban J connectivity index is 2.29. The van der Waals surface area contributed by atoms with E-state index < -0.39 is 6.04 Å². The van der Waals surface area contributed by atoms with E-state index in [1.54, 1.807) is 10.7 Å². The fourth-order valence-corrected chi connectivity index (χ4v) is 2.12. The first kappa shape index (κ1) is 13.8. The number of halogens is 1. The number of hydrogen-bond donors (Lipinski definition) is 1. The van der Waals surface area contributed by atoms with Crippen molar-refractivity contribution in [1.29, 1.82) is 0 Å². The first-order valence-corrected chi connectivity index (χ1v) is 6.67. The summed E-state index contributed by atoms with van der Waals surface area (Å²) in [5.74, 6) is 0.145. The van der Waals surface area contributed by atoms with Crippen molar-refractivity contribution >= 4 is 33.5 Å². The summed E-state index contributed by atoms with van der Waals surface area (Å²) < 4.78 is 7.25. The molecule has 0 amide bonds. The molecular weight excluding hydrogens is 312 g/mol. The second kappa shape index (κ2) is 5.56. The molecular formula is C12H15BrN4O2. The number of nitrogens with zero attached hydrogens (tertiary/aromatic N) is 3. The second-order valence-corrected chi connectivity index (χ2v) is 5.30. The fraction of sp³-hybridized carbons (Fsp3) is 0.417. The summed E-state index contributed by atoms with van der Waals surface area (Å²) in [7, 11) is 1.37. The third-order valence-corrected chi connectivity index (χ3v) is 3.34. The Labute approximate surface area is 119 Å². The zero-order chi connectivity index (χ0) is 14.0. The van der Waals surface area contributed by atoms with Gasteiger partial charge in [0, 0.05) is 6.20 Å². The predicted molar refractivity (Wildman–Crippen MR) is 75.0 cm³/mol. The number of nitrogens with one attached hydrogen (secondary N) is 1. The van der Waals surface area contributed by atoms with E-state index in [9.17, 15) is 4.79 Å². The lowest BCUT2D eigenvalue weighted by atomic mass is 10.1. The Kier molecular flexibility index (Phi) is 4.04. The molecule has 0 aromatic carbocycles. The zero-order valence-corrected chi connectivity index (χ0v) is 12.5. The normalized spacial score (nSPS) is 12.7. The monoisotopic (exact) mass is 326 g/mol. The molecule has 1 atom stereocenters. The fourth-order valence-electron chi connectivity index (χ4n) is 1.70. The van der Waals surface area contributed by atoms with Gasteiger partial charge in [-0.05, 0) is 34.0 Å². The minimum Gasteiger partial charge on any atom is -0.467 e. The average Bonchev–Trinajstić information content (AvgIpc) is 2.79. The van der Waals surface area contributed by atoms with E-state index in [0.717, 1.165) is 4.47 Å². The molecule has 1 unspecified atom stereocenters. The first-order chi connectivity index (χ1) is 9.02. The van der Waals surface area contributed by atoms with Crippen LogP contribution in [0, 0.1) is 5.92 Å². The van der Waals surface area contributed by atoms with Crippen LogP contribution in [0.1, 0.15) is 13.8 Å². The third-order valence-electron chi connectivity index (χ3n) is 2.72. The van der Waals surface area contributed by atoms with Gasteiger partial charge < -0.3 is 10.1 Å². The molecule has 0 fully saturated rings. The van der Waals surface area contributed by atoms with Crippen molar-refractivity contribution in [3.63, 3.8) is 0 Å². The topological polar surface area (TPSA) is 68.5 Å². The summed E-state index contributed by atoms with van der Waals surface area (Å²) in [5, 5.41) is 7.28. The molecule has 0 bridgehead atoms. The molecule has 2 heterocycles. The Morgan fingerprint density at radius 3 is 2.84 bits per heavy atom. The van der Waals surface area contributed by atoms with Gasteiger partial charge in [-0.25, -0.2) is 9.31 Å². The van der Waals surface area contributed by atoms with Gasteiger partial charge in [-0.1, -0.05) is 13.8 Å². The summed E-state index contributed by atoms with van der Waals surface area (Å²) in [6.07, 6.45) is 1.79. The largest absolute Gasteiger partial charge is 0.467 e. The Bertz CT molecular complexity index is 596. The van der Waals surface area contributed by atoms with Gasteiger partial charge in [0.05, 0.1) is 11.6 Å². The van der Waals surface area contributed by atoms with Crippen molar-refractivity contribution in [3.05, 3.63) is 22.8 Å². The number of ether oxygens (including phenoxy) is 1. The van der Waals surface area contributed by atoms with Gasteiger partial charge in [-0.3, -0.25) is 0 Å². The number of methoxy groups -OCH3 is 1. The lowest BCUT2D eigenvalue weighted by molar-refractivity contribution is -0.142. The predicted octanol–water partition coefficient (Wildman–Crippen LogP) is 2.10. The van der Waals surface area contributed by atoms with Crippen molar-refractivity contribution in [2.75, 3.05) is 12.4 Å². The van der Waals surface area contributed by atoms with Crippen LogP contribution >= 0.6 is 15.9 Å². The van der Waals surface area contributed by atoms with E-state index in [2.05, 4.69) is 31.3 Å². The van der Waals surface area contributed by atoms with Crippen LogP contribution < -0.4 is 5.32 Å². The summed E-state index contributed by atoms with van der Waals surface area (Å²) in [6, 6.07) is 3.27. The van der Waals surface area contributed by atoms with E-state index in [4.69, 9.17) is 4.74 Å². The number of rotatable bonds is 4. The van der Waals surface area contributed by atoms with E-state index >= 15 is 0 Å². The SMILES string of the molecule is COC(=O)C(Nc1nc2c(Br)cccn2n1)C(C)C. The summed E-state index contributed by atoms with van der Waals surface area (Å²) in [6.45, 7) is 3.86. The Morgan fingerprint density at radius 2 is 2.26 bits per heavy atom. The number of aromatic nitrogens is 3.